The Bertz CT molecular complexity index is 933. The Morgan fingerprint density at radius 1 is 1.15 bits per heavy atom. The molecule has 1 aromatic carbocycles. The minimum atomic E-state index is -0.102. The van der Waals surface area contributed by atoms with Gasteiger partial charge in [0.1, 0.15) is 18.2 Å². The van der Waals surface area contributed by atoms with Crippen LogP contribution >= 0.6 is 0 Å². The summed E-state index contributed by atoms with van der Waals surface area (Å²) in [4.78, 5) is 25.0. The van der Waals surface area contributed by atoms with Crippen LogP contribution in [-0.2, 0) is 15.9 Å². The smallest absolute Gasteiger partial charge is 0.254 e. The van der Waals surface area contributed by atoms with Crippen molar-refractivity contribution in [3.05, 3.63) is 46.2 Å². The predicted octanol–water partition coefficient (Wildman–Crippen LogP) is 3.01. The van der Waals surface area contributed by atoms with Crippen molar-refractivity contribution >= 4 is 11.8 Å². The van der Waals surface area contributed by atoms with Crippen LogP contribution in [0.3, 0.4) is 0 Å². The molecule has 1 aromatic heterocycles. The Morgan fingerprint density at radius 3 is 2.79 bits per heavy atom. The Kier molecular flexibility index (Phi) is 8.23. The molecule has 3 heterocycles. The van der Waals surface area contributed by atoms with E-state index in [1.54, 1.807) is 13.2 Å². The van der Waals surface area contributed by atoms with Crippen LogP contribution < -0.4 is 20.1 Å². The number of rotatable bonds is 8. The summed E-state index contributed by atoms with van der Waals surface area (Å²) in [6.45, 7) is 6.23. The van der Waals surface area contributed by atoms with E-state index >= 15 is 0 Å². The second-order valence-corrected chi connectivity index (χ2v) is 8.94. The Hall–Kier alpha value is -2.58. The van der Waals surface area contributed by atoms with Gasteiger partial charge >= 0.3 is 0 Å². The van der Waals surface area contributed by atoms with Gasteiger partial charge < -0.3 is 24.0 Å². The lowest BCUT2D eigenvalue weighted by Crippen LogP contribution is -2.43. The van der Waals surface area contributed by atoms with Gasteiger partial charge in [0.15, 0.2) is 0 Å². The molecule has 1 N–H and O–H groups in total. The van der Waals surface area contributed by atoms with E-state index in [2.05, 4.69) is 33.8 Å². The number of hydrogen-bond acceptors (Lipinski definition) is 7. The summed E-state index contributed by atoms with van der Waals surface area (Å²) >= 11 is 0. The quantitative estimate of drug-likeness (QED) is 0.612. The number of nitrogens with zero attached hydrogens (tertiary/aromatic N) is 3. The van der Waals surface area contributed by atoms with Crippen molar-refractivity contribution in [2.75, 3.05) is 56.4 Å². The molecule has 2 fully saturated rings. The summed E-state index contributed by atoms with van der Waals surface area (Å²) < 4.78 is 16.4. The van der Waals surface area contributed by atoms with Crippen LogP contribution in [-0.4, -0.2) is 68.7 Å². The molecule has 0 bridgehead atoms. The van der Waals surface area contributed by atoms with E-state index in [0.717, 1.165) is 50.5 Å². The molecule has 33 heavy (non-hydrogen) atoms. The number of H-pyrrole nitrogens is 1. The molecular weight excluding hydrogens is 420 g/mol. The molecule has 0 aliphatic carbocycles. The zero-order chi connectivity index (χ0) is 23.0. The standard InChI is InChI=1S/C25H36N4O4/c1-19-18-28(12-13-32-19)23-17-24(30)27-25(26-23)29-11-5-3-4-6-21(29)16-20-7-9-22(10-8-20)33-15-14-31-2/h7-10,17,19,21H,3-6,11-16,18H2,1-2H3,(H,26,27,30)/t19-,21-/m1/s1. The topological polar surface area (TPSA) is 79.9 Å². The zero-order valence-electron chi connectivity index (χ0n) is 19.8. The van der Waals surface area contributed by atoms with Crippen molar-refractivity contribution in [3.63, 3.8) is 0 Å². The highest BCUT2D eigenvalue weighted by Crippen LogP contribution is 2.26. The van der Waals surface area contributed by atoms with Crippen molar-refractivity contribution in [1.29, 1.82) is 0 Å². The number of nitrogens with one attached hydrogen (secondary N) is 1. The molecule has 2 atom stereocenters. The van der Waals surface area contributed by atoms with Gasteiger partial charge in [-0.15, -0.1) is 0 Å². The normalized spacial score (nSPS) is 21.6. The fourth-order valence-corrected chi connectivity index (χ4v) is 4.66. The van der Waals surface area contributed by atoms with E-state index in [4.69, 9.17) is 19.2 Å². The van der Waals surface area contributed by atoms with Crippen LogP contribution in [0.1, 0.15) is 38.2 Å². The third-order valence-corrected chi connectivity index (χ3v) is 6.38. The molecule has 0 amide bonds. The summed E-state index contributed by atoms with van der Waals surface area (Å²) in [5, 5.41) is 0. The summed E-state index contributed by atoms with van der Waals surface area (Å²) in [7, 11) is 1.67. The Labute approximate surface area is 195 Å². The summed E-state index contributed by atoms with van der Waals surface area (Å²) in [5.74, 6) is 2.28. The van der Waals surface area contributed by atoms with Gasteiger partial charge in [-0.05, 0) is 43.9 Å². The molecule has 8 heteroatoms. The number of methoxy groups -OCH3 is 1. The number of morpholine rings is 1. The highest BCUT2D eigenvalue weighted by atomic mass is 16.5. The number of benzene rings is 1. The van der Waals surface area contributed by atoms with Gasteiger partial charge in [-0.1, -0.05) is 25.0 Å². The van der Waals surface area contributed by atoms with Crippen LogP contribution in [0.15, 0.2) is 35.1 Å². The molecule has 0 spiro atoms. The molecule has 2 aliphatic rings. The molecule has 0 unspecified atom stereocenters. The molecule has 2 aromatic rings. The lowest BCUT2D eigenvalue weighted by molar-refractivity contribution is 0.0529. The lowest BCUT2D eigenvalue weighted by atomic mass is 10.0. The van der Waals surface area contributed by atoms with Crippen LogP contribution in [0, 0.1) is 0 Å². The average Bonchev–Trinajstić information content (AvgIpc) is 3.05. The Balaban J connectivity index is 1.51. The van der Waals surface area contributed by atoms with E-state index in [9.17, 15) is 4.79 Å². The van der Waals surface area contributed by atoms with Crippen molar-refractivity contribution in [3.8, 4) is 5.75 Å². The number of ether oxygens (including phenoxy) is 3. The summed E-state index contributed by atoms with van der Waals surface area (Å²) in [6.07, 6.45) is 5.60. The lowest BCUT2D eigenvalue weighted by Gasteiger charge is -2.34. The molecule has 180 valence electrons. The van der Waals surface area contributed by atoms with Crippen LogP contribution in [0.5, 0.6) is 5.75 Å². The number of anilines is 2. The van der Waals surface area contributed by atoms with Crippen molar-refractivity contribution in [2.45, 2.75) is 51.2 Å². The van der Waals surface area contributed by atoms with Gasteiger partial charge in [0.05, 0.1) is 19.3 Å². The second kappa shape index (κ2) is 11.5. The summed E-state index contributed by atoms with van der Waals surface area (Å²) in [6, 6.07) is 10.2. The fraction of sp³-hybridized carbons (Fsp3) is 0.600. The first-order chi connectivity index (χ1) is 16.1. The first-order valence-electron chi connectivity index (χ1n) is 12.1. The molecular formula is C25H36N4O4. The van der Waals surface area contributed by atoms with E-state index in [1.807, 2.05) is 12.1 Å². The minimum absolute atomic E-state index is 0.102. The molecule has 0 saturated carbocycles. The van der Waals surface area contributed by atoms with Gasteiger partial charge in [0.2, 0.25) is 5.95 Å². The van der Waals surface area contributed by atoms with Gasteiger partial charge in [-0.3, -0.25) is 9.78 Å². The van der Waals surface area contributed by atoms with E-state index in [0.29, 0.717) is 25.8 Å². The monoisotopic (exact) mass is 456 g/mol. The molecule has 8 nitrogen and oxygen atoms in total. The van der Waals surface area contributed by atoms with E-state index in [1.165, 1.54) is 18.4 Å². The zero-order valence-corrected chi connectivity index (χ0v) is 19.8. The van der Waals surface area contributed by atoms with Crippen LogP contribution in [0.25, 0.3) is 0 Å². The highest BCUT2D eigenvalue weighted by Gasteiger charge is 2.25. The van der Waals surface area contributed by atoms with Crippen molar-refractivity contribution < 1.29 is 14.2 Å². The highest BCUT2D eigenvalue weighted by molar-refractivity contribution is 5.45. The number of hydrogen-bond donors (Lipinski definition) is 1. The second-order valence-electron chi connectivity index (χ2n) is 8.94. The predicted molar refractivity (Wildman–Crippen MR) is 130 cm³/mol. The molecule has 2 aliphatic heterocycles. The van der Waals surface area contributed by atoms with E-state index < -0.39 is 0 Å². The van der Waals surface area contributed by atoms with Gasteiger partial charge in [-0.2, -0.15) is 4.98 Å². The Morgan fingerprint density at radius 2 is 2.00 bits per heavy atom. The first kappa shape index (κ1) is 23.6. The largest absolute Gasteiger partial charge is 0.491 e. The SMILES string of the molecule is COCCOc1ccc(C[C@H]2CCCCCN2c2nc(N3CCO[C@H](C)C3)cc(=O)[nH]2)cc1. The van der Waals surface area contributed by atoms with Gasteiger partial charge in [0, 0.05) is 38.9 Å². The van der Waals surface area contributed by atoms with Crippen molar-refractivity contribution in [2.24, 2.45) is 0 Å². The van der Waals surface area contributed by atoms with Crippen molar-refractivity contribution in [1.82, 2.24) is 9.97 Å². The summed E-state index contributed by atoms with van der Waals surface area (Å²) in [5.41, 5.74) is 1.15. The van der Waals surface area contributed by atoms with Gasteiger partial charge in [-0.25, -0.2) is 0 Å². The maximum Gasteiger partial charge on any atom is 0.254 e. The average molecular weight is 457 g/mol. The molecule has 2 saturated heterocycles. The van der Waals surface area contributed by atoms with Gasteiger partial charge in [0.25, 0.3) is 5.56 Å². The maximum absolute atomic E-state index is 12.6. The fourth-order valence-electron chi connectivity index (χ4n) is 4.66. The third kappa shape index (κ3) is 6.48. The molecule has 4 rings (SSSR count). The number of aromatic amines is 1. The molecule has 0 radical (unpaired) electrons. The number of aromatic nitrogens is 2. The third-order valence-electron chi connectivity index (χ3n) is 6.38. The van der Waals surface area contributed by atoms with Crippen LogP contribution in [0.2, 0.25) is 0 Å². The first-order valence-corrected chi connectivity index (χ1v) is 12.1. The van der Waals surface area contributed by atoms with E-state index in [-0.39, 0.29) is 17.7 Å². The minimum Gasteiger partial charge on any atom is -0.491 e. The maximum atomic E-state index is 12.6. The van der Waals surface area contributed by atoms with Crippen LogP contribution in [0.4, 0.5) is 11.8 Å².